The standard InChI is InChI=1S/C11H22N2O/c1-9(2)7-13(4)10(14)11(5-6-11)8-12-3/h9,12H,5-8H2,1-4H3. The quantitative estimate of drug-likeness (QED) is 0.717. The number of hydrogen-bond acceptors (Lipinski definition) is 2. The Hall–Kier alpha value is -0.570. The molecule has 0 unspecified atom stereocenters. The summed E-state index contributed by atoms with van der Waals surface area (Å²) in [6.07, 6.45) is 2.10. The topological polar surface area (TPSA) is 32.3 Å². The molecule has 0 bridgehead atoms. The summed E-state index contributed by atoms with van der Waals surface area (Å²) >= 11 is 0. The lowest BCUT2D eigenvalue weighted by atomic mass is 10.1. The molecule has 0 saturated heterocycles. The molecule has 1 rings (SSSR count). The Bertz CT molecular complexity index is 209. The Labute approximate surface area is 86.9 Å². The van der Waals surface area contributed by atoms with Crippen molar-refractivity contribution in [2.75, 3.05) is 27.2 Å². The Morgan fingerprint density at radius 3 is 2.43 bits per heavy atom. The number of rotatable bonds is 5. The lowest BCUT2D eigenvalue weighted by molar-refractivity contribution is -0.135. The Balaban J connectivity index is 2.48. The molecule has 0 atom stereocenters. The maximum atomic E-state index is 12.0. The van der Waals surface area contributed by atoms with E-state index in [9.17, 15) is 4.79 Å². The second-order valence-corrected chi connectivity index (χ2v) is 4.89. The van der Waals surface area contributed by atoms with E-state index in [1.807, 2.05) is 19.0 Å². The molecule has 1 saturated carbocycles. The third-order valence-corrected chi connectivity index (χ3v) is 2.81. The third kappa shape index (κ3) is 2.47. The molecule has 1 fully saturated rings. The molecule has 82 valence electrons. The molecule has 1 aliphatic rings. The average Bonchev–Trinajstić information content (AvgIpc) is 2.84. The van der Waals surface area contributed by atoms with E-state index >= 15 is 0 Å². The maximum absolute atomic E-state index is 12.0. The van der Waals surface area contributed by atoms with Crippen LogP contribution in [-0.2, 0) is 4.79 Å². The third-order valence-electron chi connectivity index (χ3n) is 2.81. The minimum Gasteiger partial charge on any atom is -0.345 e. The van der Waals surface area contributed by atoms with Crippen LogP contribution in [-0.4, -0.2) is 38.0 Å². The second kappa shape index (κ2) is 4.30. The average molecular weight is 198 g/mol. The summed E-state index contributed by atoms with van der Waals surface area (Å²) in [5.74, 6) is 0.870. The first kappa shape index (κ1) is 11.5. The molecular formula is C11H22N2O. The highest BCUT2D eigenvalue weighted by Crippen LogP contribution is 2.46. The number of carbonyl (C=O) groups excluding carboxylic acids is 1. The highest BCUT2D eigenvalue weighted by molar-refractivity contribution is 5.85. The van der Waals surface area contributed by atoms with Crippen LogP contribution in [0.15, 0.2) is 0 Å². The summed E-state index contributed by atoms with van der Waals surface area (Å²) in [6.45, 7) is 5.97. The Morgan fingerprint density at radius 2 is 2.07 bits per heavy atom. The lowest BCUT2D eigenvalue weighted by Gasteiger charge is -2.24. The van der Waals surface area contributed by atoms with E-state index in [1.165, 1.54) is 0 Å². The molecule has 0 aromatic heterocycles. The van der Waals surface area contributed by atoms with E-state index < -0.39 is 0 Å². The first-order chi connectivity index (χ1) is 6.52. The van der Waals surface area contributed by atoms with Gasteiger partial charge >= 0.3 is 0 Å². The lowest BCUT2D eigenvalue weighted by Crippen LogP contribution is -2.40. The zero-order valence-electron chi connectivity index (χ0n) is 9.76. The molecule has 14 heavy (non-hydrogen) atoms. The van der Waals surface area contributed by atoms with Gasteiger partial charge in [-0.15, -0.1) is 0 Å². The van der Waals surface area contributed by atoms with Crippen molar-refractivity contribution < 1.29 is 4.79 Å². The van der Waals surface area contributed by atoms with Gasteiger partial charge in [0, 0.05) is 20.1 Å². The highest BCUT2D eigenvalue weighted by Gasteiger charge is 2.50. The van der Waals surface area contributed by atoms with E-state index in [0.717, 1.165) is 25.9 Å². The van der Waals surface area contributed by atoms with E-state index in [0.29, 0.717) is 11.8 Å². The minimum absolute atomic E-state index is 0.0572. The van der Waals surface area contributed by atoms with Gasteiger partial charge in [-0.25, -0.2) is 0 Å². The van der Waals surface area contributed by atoms with Crippen LogP contribution >= 0.6 is 0 Å². The van der Waals surface area contributed by atoms with Gasteiger partial charge in [0.25, 0.3) is 0 Å². The molecule has 0 spiro atoms. The normalized spacial score (nSPS) is 18.4. The van der Waals surface area contributed by atoms with Crippen LogP contribution in [0.1, 0.15) is 26.7 Å². The van der Waals surface area contributed by atoms with E-state index in [2.05, 4.69) is 19.2 Å². The summed E-state index contributed by atoms with van der Waals surface area (Å²) in [6, 6.07) is 0. The zero-order chi connectivity index (χ0) is 10.8. The van der Waals surface area contributed by atoms with E-state index in [-0.39, 0.29) is 5.41 Å². The number of nitrogens with one attached hydrogen (secondary N) is 1. The monoisotopic (exact) mass is 198 g/mol. The molecule has 0 aromatic carbocycles. The first-order valence-corrected chi connectivity index (χ1v) is 5.42. The van der Waals surface area contributed by atoms with Crippen molar-refractivity contribution in [1.29, 1.82) is 0 Å². The van der Waals surface area contributed by atoms with Gasteiger partial charge in [0.1, 0.15) is 0 Å². The van der Waals surface area contributed by atoms with Gasteiger partial charge in [0.15, 0.2) is 0 Å². The van der Waals surface area contributed by atoms with Crippen LogP contribution in [0.4, 0.5) is 0 Å². The SMILES string of the molecule is CNCC1(C(=O)N(C)CC(C)C)CC1. The molecule has 0 aromatic rings. The van der Waals surface area contributed by atoms with Gasteiger partial charge in [-0.05, 0) is 25.8 Å². The summed E-state index contributed by atoms with van der Waals surface area (Å²) in [4.78, 5) is 13.9. The number of amides is 1. The summed E-state index contributed by atoms with van der Waals surface area (Å²) in [7, 11) is 3.83. The van der Waals surface area contributed by atoms with Crippen molar-refractivity contribution in [2.24, 2.45) is 11.3 Å². The maximum Gasteiger partial charge on any atom is 0.229 e. The Kier molecular flexibility index (Phi) is 3.53. The molecule has 1 N–H and O–H groups in total. The van der Waals surface area contributed by atoms with Gasteiger partial charge in [0.05, 0.1) is 5.41 Å². The summed E-state index contributed by atoms with van der Waals surface area (Å²) < 4.78 is 0. The highest BCUT2D eigenvalue weighted by atomic mass is 16.2. The van der Waals surface area contributed by atoms with Crippen LogP contribution in [0.25, 0.3) is 0 Å². The van der Waals surface area contributed by atoms with Gasteiger partial charge in [-0.3, -0.25) is 4.79 Å². The van der Waals surface area contributed by atoms with Crippen molar-refractivity contribution in [3.05, 3.63) is 0 Å². The predicted octanol–water partition coefficient (Wildman–Crippen LogP) is 1.10. The molecule has 0 heterocycles. The van der Waals surface area contributed by atoms with Crippen molar-refractivity contribution in [1.82, 2.24) is 10.2 Å². The summed E-state index contributed by atoms with van der Waals surface area (Å²) in [5.41, 5.74) is -0.0572. The van der Waals surface area contributed by atoms with Gasteiger partial charge in [-0.2, -0.15) is 0 Å². The molecule has 3 heteroatoms. The van der Waals surface area contributed by atoms with Crippen molar-refractivity contribution in [3.63, 3.8) is 0 Å². The van der Waals surface area contributed by atoms with E-state index in [1.54, 1.807) is 0 Å². The number of carbonyl (C=O) groups is 1. The smallest absolute Gasteiger partial charge is 0.229 e. The van der Waals surface area contributed by atoms with Crippen LogP contribution in [0.5, 0.6) is 0 Å². The second-order valence-electron chi connectivity index (χ2n) is 4.89. The molecule has 1 aliphatic carbocycles. The number of hydrogen-bond donors (Lipinski definition) is 1. The van der Waals surface area contributed by atoms with Crippen LogP contribution in [0, 0.1) is 11.3 Å². The molecule has 0 aliphatic heterocycles. The first-order valence-electron chi connectivity index (χ1n) is 5.42. The molecule has 3 nitrogen and oxygen atoms in total. The number of nitrogens with zero attached hydrogens (tertiary/aromatic N) is 1. The van der Waals surface area contributed by atoms with Crippen LogP contribution in [0.2, 0.25) is 0 Å². The zero-order valence-corrected chi connectivity index (χ0v) is 9.76. The molecular weight excluding hydrogens is 176 g/mol. The molecule has 1 amide bonds. The fourth-order valence-corrected chi connectivity index (χ4v) is 1.99. The van der Waals surface area contributed by atoms with Gasteiger partial charge in [-0.1, -0.05) is 13.8 Å². The largest absolute Gasteiger partial charge is 0.345 e. The fraction of sp³-hybridized carbons (Fsp3) is 0.909. The minimum atomic E-state index is -0.0572. The van der Waals surface area contributed by atoms with Gasteiger partial charge < -0.3 is 10.2 Å². The Morgan fingerprint density at radius 1 is 1.50 bits per heavy atom. The van der Waals surface area contributed by atoms with Gasteiger partial charge in [0.2, 0.25) is 5.91 Å². The van der Waals surface area contributed by atoms with Crippen molar-refractivity contribution in [2.45, 2.75) is 26.7 Å². The van der Waals surface area contributed by atoms with Crippen molar-refractivity contribution >= 4 is 5.91 Å². The van der Waals surface area contributed by atoms with Crippen LogP contribution in [0.3, 0.4) is 0 Å². The van der Waals surface area contributed by atoms with Crippen LogP contribution < -0.4 is 5.32 Å². The fourth-order valence-electron chi connectivity index (χ4n) is 1.99. The van der Waals surface area contributed by atoms with Crippen molar-refractivity contribution in [3.8, 4) is 0 Å². The summed E-state index contributed by atoms with van der Waals surface area (Å²) in [5, 5.41) is 3.11. The predicted molar refractivity (Wildman–Crippen MR) is 58.1 cm³/mol. The molecule has 0 radical (unpaired) electrons. The van der Waals surface area contributed by atoms with E-state index in [4.69, 9.17) is 0 Å².